The van der Waals surface area contributed by atoms with Crippen molar-refractivity contribution < 1.29 is 46.0 Å². The second-order valence-corrected chi connectivity index (χ2v) is 19.1. The molecule has 16 nitrogen and oxygen atoms in total. The number of nitro benzene ring substituents is 3. The Balaban J connectivity index is 0.000000234. The number of carbonyl (C=O) groups is 3. The topological polar surface area (TPSA) is 249 Å². The fraction of sp³-hybridized carbons (Fsp3) is 0.0408. The van der Waals surface area contributed by atoms with Crippen LogP contribution in [0.1, 0.15) is 47.8 Å². The lowest BCUT2D eigenvalue weighted by molar-refractivity contribution is -0.389. The molecule has 0 aliphatic heterocycles. The molecule has 0 spiro atoms. The standard InChI is InChI=1S/C28H20N2O8S.C21H14BrNO5S/c31-23(19-9-3-1-4-10-19)17-21-13-7-15-25(27(21)29(33)34)39(37,38)26-16-8-14-22(28(26)30(35)36)18-24(32)20-11-5-2-6-12-20;22-17-12-10-15(11-13-17)14-20(21(24)16-6-2-1-3-7-16)29(27,28)19-9-5-4-8-18(19)23(25)26/h1-16H,17-18H2;1-14H. The Morgan fingerprint density at radius 3 is 1.29 bits per heavy atom. The lowest BCUT2D eigenvalue weighted by Gasteiger charge is -2.11. The van der Waals surface area contributed by atoms with Crippen LogP contribution in [0.15, 0.2) is 200 Å². The van der Waals surface area contributed by atoms with Crippen LogP contribution in [-0.4, -0.2) is 49.0 Å². The third kappa shape index (κ3) is 11.3. The van der Waals surface area contributed by atoms with E-state index in [1.807, 2.05) is 0 Å². The first-order chi connectivity index (χ1) is 32.4. The summed E-state index contributed by atoms with van der Waals surface area (Å²) in [7, 11) is -9.32. The van der Waals surface area contributed by atoms with Crippen molar-refractivity contribution in [2.45, 2.75) is 27.5 Å². The Hall–Kier alpha value is -8.13. The molecule has 0 saturated carbocycles. The lowest BCUT2D eigenvalue weighted by atomic mass is 10.0. The Morgan fingerprint density at radius 2 is 0.868 bits per heavy atom. The molecule has 7 aromatic carbocycles. The molecule has 19 heteroatoms. The molecule has 0 unspecified atom stereocenters. The molecule has 0 aliphatic carbocycles. The molecule has 0 aliphatic rings. The van der Waals surface area contributed by atoms with Crippen LogP contribution < -0.4 is 0 Å². The van der Waals surface area contributed by atoms with Crippen molar-refractivity contribution in [2.24, 2.45) is 0 Å². The molecule has 0 fully saturated rings. The van der Waals surface area contributed by atoms with Crippen molar-refractivity contribution in [3.63, 3.8) is 0 Å². The average molecular weight is 1020 g/mol. The highest BCUT2D eigenvalue weighted by molar-refractivity contribution is 9.10. The molecule has 0 saturated heterocycles. The van der Waals surface area contributed by atoms with Gasteiger partial charge >= 0.3 is 0 Å². The summed E-state index contributed by atoms with van der Waals surface area (Å²) in [5.74, 6) is -1.69. The van der Waals surface area contributed by atoms with Gasteiger partial charge in [0.25, 0.3) is 17.1 Å². The number of Topliss-reactive ketones (excluding diaryl/α,β-unsaturated/α-hetero) is 3. The molecule has 342 valence electrons. The van der Waals surface area contributed by atoms with E-state index in [-0.39, 0.29) is 27.8 Å². The maximum Gasteiger partial charge on any atom is 0.291 e. The summed E-state index contributed by atoms with van der Waals surface area (Å²) in [5, 5.41) is 35.5. The summed E-state index contributed by atoms with van der Waals surface area (Å²) < 4.78 is 54.9. The maximum atomic E-state index is 13.7. The third-order valence-corrected chi connectivity index (χ3v) is 14.2. The van der Waals surface area contributed by atoms with E-state index in [0.717, 1.165) is 28.7 Å². The molecular formula is C49H34BrN3O13S2. The largest absolute Gasteiger partial charge is 0.294 e. The smallest absolute Gasteiger partial charge is 0.291 e. The summed E-state index contributed by atoms with van der Waals surface area (Å²) in [6.07, 6.45) is 0.308. The third-order valence-electron chi connectivity index (χ3n) is 10.1. The Bertz CT molecular complexity index is 3230. The summed E-state index contributed by atoms with van der Waals surface area (Å²) >= 11 is 3.30. The van der Waals surface area contributed by atoms with Crippen molar-refractivity contribution in [3.8, 4) is 0 Å². The number of benzene rings is 7. The Labute approximate surface area is 396 Å². The van der Waals surface area contributed by atoms with Crippen molar-refractivity contribution in [1.29, 1.82) is 0 Å². The van der Waals surface area contributed by atoms with Crippen LogP contribution in [0.2, 0.25) is 0 Å². The van der Waals surface area contributed by atoms with Gasteiger partial charge in [-0.3, -0.25) is 44.7 Å². The van der Waals surface area contributed by atoms with Crippen molar-refractivity contribution >= 4 is 76.1 Å². The number of para-hydroxylation sites is 3. The number of rotatable bonds is 16. The van der Waals surface area contributed by atoms with E-state index >= 15 is 0 Å². The van der Waals surface area contributed by atoms with Gasteiger partial charge in [-0.25, -0.2) is 16.8 Å². The fourth-order valence-electron chi connectivity index (χ4n) is 6.85. The molecule has 0 heterocycles. The molecule has 0 bridgehead atoms. The number of sulfone groups is 2. The van der Waals surface area contributed by atoms with Crippen molar-refractivity contribution in [2.75, 3.05) is 0 Å². The van der Waals surface area contributed by atoms with Crippen LogP contribution in [-0.2, 0) is 32.5 Å². The van der Waals surface area contributed by atoms with Crippen molar-refractivity contribution in [3.05, 3.63) is 249 Å². The number of hydrogen-bond acceptors (Lipinski definition) is 13. The van der Waals surface area contributed by atoms with Gasteiger partial charge in [-0.1, -0.05) is 155 Å². The molecule has 0 amide bonds. The summed E-state index contributed by atoms with van der Waals surface area (Å²) in [6, 6.07) is 42.5. The van der Waals surface area contributed by atoms with E-state index in [1.165, 1.54) is 78.9 Å². The number of carbonyl (C=O) groups excluding carboxylic acids is 3. The molecule has 7 aromatic rings. The summed E-state index contributed by atoms with van der Waals surface area (Å²) in [4.78, 5) is 68.8. The molecule has 68 heavy (non-hydrogen) atoms. The van der Waals surface area contributed by atoms with Gasteiger partial charge in [-0.05, 0) is 42.0 Å². The molecule has 0 N–H and O–H groups in total. The number of allylic oxidation sites excluding steroid dienone is 1. The number of ketones is 3. The minimum Gasteiger partial charge on any atom is -0.294 e. The zero-order chi connectivity index (χ0) is 49.2. The van der Waals surface area contributed by atoms with Gasteiger partial charge in [0, 0.05) is 51.2 Å². The van der Waals surface area contributed by atoms with Gasteiger partial charge in [0.15, 0.2) is 11.6 Å². The first-order valence-corrected chi connectivity index (χ1v) is 23.7. The predicted octanol–water partition coefficient (Wildman–Crippen LogP) is 10.2. The summed E-state index contributed by atoms with van der Waals surface area (Å²) in [5.41, 5.74) is -1.40. The van der Waals surface area contributed by atoms with E-state index in [2.05, 4.69) is 15.9 Å². The molecule has 0 radical (unpaired) electrons. The van der Waals surface area contributed by atoms with E-state index in [9.17, 15) is 61.6 Å². The van der Waals surface area contributed by atoms with Gasteiger partial charge in [0.1, 0.15) is 19.6 Å². The second kappa shape index (κ2) is 21.5. The van der Waals surface area contributed by atoms with Crippen LogP contribution in [0.25, 0.3) is 6.08 Å². The molecular weight excluding hydrogens is 983 g/mol. The number of nitro groups is 3. The zero-order valence-corrected chi connectivity index (χ0v) is 38.3. The van der Waals surface area contributed by atoms with Crippen LogP contribution in [0.5, 0.6) is 0 Å². The highest BCUT2D eigenvalue weighted by Crippen LogP contribution is 2.38. The highest BCUT2D eigenvalue weighted by Gasteiger charge is 2.37. The van der Waals surface area contributed by atoms with E-state index in [4.69, 9.17) is 0 Å². The maximum absolute atomic E-state index is 13.7. The van der Waals surface area contributed by atoms with E-state index < -0.39 is 101 Å². The highest BCUT2D eigenvalue weighted by atomic mass is 79.9. The van der Waals surface area contributed by atoms with Crippen LogP contribution in [0.4, 0.5) is 17.1 Å². The molecule has 0 atom stereocenters. The van der Waals surface area contributed by atoms with Gasteiger partial charge in [0.2, 0.25) is 25.5 Å². The normalized spacial score (nSPS) is 11.4. The van der Waals surface area contributed by atoms with E-state index in [1.54, 1.807) is 78.9 Å². The van der Waals surface area contributed by atoms with Crippen LogP contribution in [0.3, 0.4) is 0 Å². The minimum absolute atomic E-state index is 0.159. The van der Waals surface area contributed by atoms with Gasteiger partial charge < -0.3 is 0 Å². The van der Waals surface area contributed by atoms with Crippen LogP contribution in [0, 0.1) is 30.3 Å². The Kier molecular flexibility index (Phi) is 15.6. The first kappa shape index (κ1) is 49.3. The van der Waals surface area contributed by atoms with Gasteiger partial charge in [-0.2, -0.15) is 0 Å². The molecule has 0 aromatic heterocycles. The monoisotopic (exact) mass is 1020 g/mol. The fourth-order valence-corrected chi connectivity index (χ4v) is 10.3. The van der Waals surface area contributed by atoms with E-state index in [0.29, 0.717) is 5.56 Å². The zero-order valence-electron chi connectivity index (χ0n) is 35.1. The summed E-state index contributed by atoms with van der Waals surface area (Å²) in [6.45, 7) is 0. The quantitative estimate of drug-likeness (QED) is 0.0379. The molecule has 7 rings (SSSR count). The Morgan fingerprint density at radius 1 is 0.471 bits per heavy atom. The average Bonchev–Trinajstić information content (AvgIpc) is 3.34. The lowest BCUT2D eigenvalue weighted by Crippen LogP contribution is -2.15. The van der Waals surface area contributed by atoms with Gasteiger partial charge in [0.05, 0.1) is 14.8 Å². The number of halogens is 1. The number of hydrogen-bond donors (Lipinski definition) is 0. The SMILES string of the molecule is O=C(C(=Cc1ccc(Br)cc1)S(=O)(=O)c1ccccc1[N+](=O)[O-])c1ccccc1.O=C(Cc1cccc(S(=O)(=O)c2cccc(CC(=O)c3ccccc3)c2[N+](=O)[O-])c1[N+](=O)[O-])c1ccccc1. The second-order valence-electron chi connectivity index (χ2n) is 14.5. The minimum atomic E-state index is -4.84. The van der Waals surface area contributed by atoms with Crippen molar-refractivity contribution in [1.82, 2.24) is 0 Å². The van der Waals surface area contributed by atoms with Crippen LogP contribution >= 0.6 is 15.9 Å². The van der Waals surface area contributed by atoms with Gasteiger partial charge in [-0.15, -0.1) is 0 Å². The first-order valence-electron chi connectivity index (χ1n) is 19.9. The number of nitrogens with zero attached hydrogens (tertiary/aromatic N) is 3. The predicted molar refractivity (Wildman–Crippen MR) is 254 cm³/mol.